The van der Waals surface area contributed by atoms with E-state index in [0.717, 1.165) is 25.7 Å². The Bertz CT molecular complexity index is 516. The molecule has 3 nitrogen and oxygen atoms in total. The van der Waals surface area contributed by atoms with Crippen LogP contribution in [0, 0.1) is 5.82 Å². The molecule has 0 radical (unpaired) electrons. The smallest absolute Gasteiger partial charge is 0.327 e. The number of benzene rings is 1. The summed E-state index contributed by atoms with van der Waals surface area (Å²) in [6.45, 7) is 2.68. The molecular formula is C21H32FNO2. The molecule has 0 heterocycles. The minimum Gasteiger partial charge on any atom is -0.464 e. The molecule has 0 bridgehead atoms. The number of hydrogen-bond acceptors (Lipinski definition) is 3. The minimum atomic E-state index is -0.558. The maximum atomic E-state index is 13.5. The van der Waals surface area contributed by atoms with Crippen LogP contribution < -0.4 is 5.32 Å². The van der Waals surface area contributed by atoms with Crippen molar-refractivity contribution in [2.24, 2.45) is 0 Å². The van der Waals surface area contributed by atoms with Crippen LogP contribution in [0.25, 0.3) is 0 Å². The number of ether oxygens (including phenoxy) is 1. The van der Waals surface area contributed by atoms with Gasteiger partial charge >= 0.3 is 5.97 Å². The highest BCUT2D eigenvalue weighted by Gasteiger charge is 2.30. The van der Waals surface area contributed by atoms with Crippen molar-refractivity contribution in [1.29, 1.82) is 0 Å². The van der Waals surface area contributed by atoms with Crippen molar-refractivity contribution < 1.29 is 13.9 Å². The number of unbranched alkanes of at least 4 members (excludes halogenated alkanes) is 7. The van der Waals surface area contributed by atoms with Gasteiger partial charge in [-0.15, -0.1) is 0 Å². The predicted octanol–water partition coefficient (Wildman–Crippen LogP) is 5.30. The zero-order valence-corrected chi connectivity index (χ0v) is 15.4. The Balaban J connectivity index is 1.67. The SMILES string of the molecule is CCCCCCCCCCOC(=O)C(NC1CC1)c1cccc(F)c1. The minimum absolute atomic E-state index is 0.291. The third-order valence-electron chi connectivity index (χ3n) is 4.64. The van der Waals surface area contributed by atoms with E-state index in [1.54, 1.807) is 12.1 Å². The molecule has 1 aromatic rings. The maximum Gasteiger partial charge on any atom is 0.327 e. The summed E-state index contributed by atoms with van der Waals surface area (Å²) in [5, 5.41) is 3.27. The lowest BCUT2D eigenvalue weighted by atomic mass is 10.1. The summed E-state index contributed by atoms with van der Waals surface area (Å²) in [5.41, 5.74) is 0.646. The first-order valence-electron chi connectivity index (χ1n) is 9.89. The molecule has 1 atom stereocenters. The summed E-state index contributed by atoms with van der Waals surface area (Å²) in [6.07, 6.45) is 11.8. The Morgan fingerprint density at radius 1 is 1.16 bits per heavy atom. The summed E-state index contributed by atoms with van der Waals surface area (Å²) in [4.78, 5) is 12.4. The Kier molecular flexibility index (Phi) is 8.95. The Hall–Kier alpha value is -1.42. The topological polar surface area (TPSA) is 38.3 Å². The van der Waals surface area contributed by atoms with Gasteiger partial charge in [-0.2, -0.15) is 0 Å². The quantitative estimate of drug-likeness (QED) is 0.388. The average molecular weight is 349 g/mol. The fourth-order valence-electron chi connectivity index (χ4n) is 2.96. The van der Waals surface area contributed by atoms with Crippen molar-refractivity contribution in [2.45, 2.75) is 83.2 Å². The van der Waals surface area contributed by atoms with E-state index in [9.17, 15) is 9.18 Å². The van der Waals surface area contributed by atoms with Gasteiger partial charge in [0, 0.05) is 6.04 Å². The number of hydrogen-bond donors (Lipinski definition) is 1. The number of rotatable bonds is 13. The lowest BCUT2D eigenvalue weighted by Gasteiger charge is -2.18. The van der Waals surface area contributed by atoms with Crippen molar-refractivity contribution in [3.05, 3.63) is 35.6 Å². The van der Waals surface area contributed by atoms with Gasteiger partial charge in [0.15, 0.2) is 0 Å². The molecule has 0 aliphatic heterocycles. The highest BCUT2D eigenvalue weighted by Crippen LogP contribution is 2.25. The first kappa shape index (κ1) is 19.9. The van der Waals surface area contributed by atoms with Gasteiger partial charge in [-0.05, 0) is 37.0 Å². The summed E-state index contributed by atoms with van der Waals surface area (Å²) in [7, 11) is 0. The van der Waals surface area contributed by atoms with Crippen LogP contribution in [0.1, 0.15) is 82.7 Å². The molecule has 1 fully saturated rings. The molecule has 1 aliphatic carbocycles. The molecular weight excluding hydrogens is 317 g/mol. The second-order valence-corrected chi connectivity index (χ2v) is 7.07. The molecule has 1 saturated carbocycles. The van der Waals surface area contributed by atoms with Crippen LogP contribution in [0.5, 0.6) is 0 Å². The highest BCUT2D eigenvalue weighted by molar-refractivity contribution is 5.77. The molecule has 0 saturated heterocycles. The molecule has 0 amide bonds. The number of nitrogens with one attached hydrogen (secondary N) is 1. The molecule has 1 aliphatic rings. The van der Waals surface area contributed by atoms with Crippen LogP contribution in [0.15, 0.2) is 24.3 Å². The Labute approximate surface area is 151 Å². The number of carbonyl (C=O) groups is 1. The van der Waals surface area contributed by atoms with E-state index in [0.29, 0.717) is 18.2 Å². The fourth-order valence-corrected chi connectivity index (χ4v) is 2.96. The van der Waals surface area contributed by atoms with Gasteiger partial charge in [0.05, 0.1) is 6.61 Å². The zero-order chi connectivity index (χ0) is 17.9. The highest BCUT2D eigenvalue weighted by atomic mass is 19.1. The lowest BCUT2D eigenvalue weighted by molar-refractivity contribution is -0.146. The van der Waals surface area contributed by atoms with Crippen molar-refractivity contribution in [3.8, 4) is 0 Å². The lowest BCUT2D eigenvalue weighted by Crippen LogP contribution is -2.32. The summed E-state index contributed by atoms with van der Waals surface area (Å²) in [6, 6.07) is 6.01. The van der Waals surface area contributed by atoms with Crippen molar-refractivity contribution >= 4 is 5.97 Å². The third-order valence-corrected chi connectivity index (χ3v) is 4.64. The summed E-state index contributed by atoms with van der Waals surface area (Å²) in [5.74, 6) is -0.614. The van der Waals surface area contributed by atoms with Gasteiger partial charge in [-0.25, -0.2) is 9.18 Å². The van der Waals surface area contributed by atoms with Crippen molar-refractivity contribution in [1.82, 2.24) is 5.32 Å². The van der Waals surface area contributed by atoms with Gasteiger partial charge in [-0.3, -0.25) is 5.32 Å². The molecule has 25 heavy (non-hydrogen) atoms. The monoisotopic (exact) mass is 349 g/mol. The van der Waals surface area contributed by atoms with Crippen molar-refractivity contribution in [2.75, 3.05) is 6.61 Å². The second-order valence-electron chi connectivity index (χ2n) is 7.07. The molecule has 140 valence electrons. The number of esters is 1. The van der Waals surface area contributed by atoms with E-state index in [-0.39, 0.29) is 11.8 Å². The van der Waals surface area contributed by atoms with Gasteiger partial charge in [0.25, 0.3) is 0 Å². The van der Waals surface area contributed by atoms with E-state index in [4.69, 9.17) is 4.74 Å². The summed E-state index contributed by atoms with van der Waals surface area (Å²) < 4.78 is 18.9. The first-order chi connectivity index (χ1) is 12.2. The van der Waals surface area contributed by atoms with E-state index in [1.165, 1.54) is 50.7 Å². The van der Waals surface area contributed by atoms with Crippen LogP contribution in [-0.4, -0.2) is 18.6 Å². The molecule has 0 spiro atoms. The molecule has 1 N–H and O–H groups in total. The third kappa shape index (κ3) is 8.00. The summed E-state index contributed by atoms with van der Waals surface area (Å²) >= 11 is 0. The van der Waals surface area contributed by atoms with E-state index in [1.807, 2.05) is 0 Å². The standard InChI is InChI=1S/C21H32FNO2/c1-2-3-4-5-6-7-8-9-15-25-21(24)20(23-19-13-14-19)17-11-10-12-18(22)16-17/h10-12,16,19-20,23H,2-9,13-15H2,1H3. The zero-order valence-electron chi connectivity index (χ0n) is 15.4. The Morgan fingerprint density at radius 2 is 1.84 bits per heavy atom. The molecule has 4 heteroatoms. The van der Waals surface area contributed by atoms with Crippen LogP contribution in [0.3, 0.4) is 0 Å². The van der Waals surface area contributed by atoms with Gasteiger partial charge in [0.2, 0.25) is 0 Å². The van der Waals surface area contributed by atoms with E-state index in [2.05, 4.69) is 12.2 Å². The van der Waals surface area contributed by atoms with Crippen LogP contribution in [-0.2, 0) is 9.53 Å². The predicted molar refractivity (Wildman–Crippen MR) is 98.9 cm³/mol. The fraction of sp³-hybridized carbons (Fsp3) is 0.667. The first-order valence-corrected chi connectivity index (χ1v) is 9.89. The second kappa shape index (κ2) is 11.2. The van der Waals surface area contributed by atoms with Crippen molar-refractivity contribution in [3.63, 3.8) is 0 Å². The van der Waals surface area contributed by atoms with Crippen LogP contribution >= 0.6 is 0 Å². The molecule has 1 aromatic carbocycles. The number of halogens is 1. The largest absolute Gasteiger partial charge is 0.464 e. The van der Waals surface area contributed by atoms with Crippen LogP contribution in [0.4, 0.5) is 4.39 Å². The van der Waals surface area contributed by atoms with Gasteiger partial charge in [-0.1, -0.05) is 64.0 Å². The van der Waals surface area contributed by atoms with Gasteiger partial charge in [0.1, 0.15) is 11.9 Å². The Morgan fingerprint density at radius 3 is 2.48 bits per heavy atom. The normalized spacial score (nSPS) is 15.1. The molecule has 0 aromatic heterocycles. The average Bonchev–Trinajstić information content (AvgIpc) is 3.42. The molecule has 2 rings (SSSR count). The maximum absolute atomic E-state index is 13.5. The number of carbonyl (C=O) groups excluding carboxylic acids is 1. The van der Waals surface area contributed by atoms with E-state index < -0.39 is 6.04 Å². The molecule has 1 unspecified atom stereocenters. The van der Waals surface area contributed by atoms with Gasteiger partial charge < -0.3 is 4.74 Å². The van der Waals surface area contributed by atoms with Crippen LogP contribution in [0.2, 0.25) is 0 Å². The van der Waals surface area contributed by atoms with E-state index >= 15 is 0 Å².